The largest absolute Gasteiger partial charge is 0.486 e. The van der Waals surface area contributed by atoms with Crippen LogP contribution in [-0.4, -0.2) is 46.5 Å². The van der Waals surface area contributed by atoms with E-state index in [0.29, 0.717) is 24.1 Å². The van der Waals surface area contributed by atoms with E-state index in [9.17, 15) is 8.76 Å². The Labute approximate surface area is 128 Å². The van der Waals surface area contributed by atoms with Gasteiger partial charge in [0.25, 0.3) is 0 Å². The molecule has 1 aromatic rings. The first-order valence-corrected chi connectivity index (χ1v) is 9.01. The predicted octanol–water partition coefficient (Wildman–Crippen LogP) is 0.876. The molecule has 1 unspecified atom stereocenters. The molecule has 2 N–H and O–H groups in total. The summed E-state index contributed by atoms with van der Waals surface area (Å²) in [6.45, 7) is 1.07. The van der Waals surface area contributed by atoms with Crippen LogP contribution >= 0.6 is 12.2 Å². The summed E-state index contributed by atoms with van der Waals surface area (Å²) in [5, 5.41) is 3.74. The average molecular weight is 327 g/mol. The quantitative estimate of drug-likeness (QED) is 0.586. The Morgan fingerprint density at radius 2 is 2.05 bits per heavy atom. The van der Waals surface area contributed by atoms with Gasteiger partial charge in [-0.1, -0.05) is 4.21 Å². The molecule has 0 aromatic heterocycles. The molecule has 1 aromatic carbocycles. The van der Waals surface area contributed by atoms with Crippen molar-refractivity contribution in [2.75, 3.05) is 29.6 Å². The van der Waals surface area contributed by atoms with Gasteiger partial charge in [-0.15, -0.1) is 0 Å². The zero-order valence-electron chi connectivity index (χ0n) is 11.2. The molecule has 6 nitrogen and oxygen atoms in total. The van der Waals surface area contributed by atoms with Crippen LogP contribution in [0.4, 0.5) is 5.69 Å². The molecule has 3 aliphatic rings. The standard InChI is InChI=1S/C13H14N2O4S2/c16-21(17)6-9-10(7-21)15(13(20)14-9)8-1-2-11-12(5-8)19-4-3-18-11/h1-2,5,9-10H,3-4,6-7H2,(H-,14,16,17,20)/p+1/t9-,10+/m1/s1. The molecule has 0 bridgehead atoms. The lowest BCUT2D eigenvalue weighted by atomic mass is 10.1. The van der Waals surface area contributed by atoms with Crippen LogP contribution in [0.15, 0.2) is 18.2 Å². The monoisotopic (exact) mass is 327 g/mol. The van der Waals surface area contributed by atoms with Crippen LogP contribution in [0.25, 0.3) is 0 Å². The summed E-state index contributed by atoms with van der Waals surface area (Å²) in [7, 11) is -2.76. The number of ether oxygens (including phenoxy) is 2. The van der Waals surface area contributed by atoms with Gasteiger partial charge in [-0.3, -0.25) is 0 Å². The highest BCUT2D eigenvalue weighted by Gasteiger charge is 2.54. The molecule has 21 heavy (non-hydrogen) atoms. The molecule has 0 spiro atoms. The van der Waals surface area contributed by atoms with Crippen molar-refractivity contribution in [1.29, 1.82) is 0 Å². The van der Waals surface area contributed by atoms with Crippen molar-refractivity contribution in [3.8, 4) is 11.5 Å². The summed E-state index contributed by atoms with van der Waals surface area (Å²) in [5.74, 6) is 1.89. The fourth-order valence-electron chi connectivity index (χ4n) is 3.10. The van der Waals surface area contributed by atoms with Crippen LogP contribution in [0.1, 0.15) is 0 Å². The van der Waals surface area contributed by atoms with Crippen molar-refractivity contribution < 1.29 is 18.2 Å². The number of hydrogen-bond donors (Lipinski definition) is 2. The number of fused-ring (bicyclic) bond motifs is 2. The van der Waals surface area contributed by atoms with Crippen molar-refractivity contribution in [2.24, 2.45) is 0 Å². The third-order valence-electron chi connectivity index (χ3n) is 4.00. The summed E-state index contributed by atoms with van der Waals surface area (Å²) >= 11 is 5.37. The van der Waals surface area contributed by atoms with E-state index in [0.717, 1.165) is 11.4 Å². The Morgan fingerprint density at radius 1 is 1.29 bits per heavy atom. The molecule has 3 aliphatic heterocycles. The number of anilines is 1. The van der Waals surface area contributed by atoms with Gasteiger partial charge in [0, 0.05) is 11.8 Å². The number of thiocarbonyl (C=S) groups is 1. The van der Waals surface area contributed by atoms with E-state index in [1.807, 2.05) is 23.1 Å². The zero-order chi connectivity index (χ0) is 14.6. The number of nitrogens with zero attached hydrogens (tertiary/aromatic N) is 1. The van der Waals surface area contributed by atoms with Gasteiger partial charge in [-0.05, 0) is 24.4 Å². The van der Waals surface area contributed by atoms with Crippen LogP contribution in [0, 0.1) is 0 Å². The molecule has 2 saturated heterocycles. The summed E-state index contributed by atoms with van der Waals surface area (Å²) in [6.07, 6.45) is 0. The second-order valence-electron chi connectivity index (χ2n) is 5.43. The lowest BCUT2D eigenvalue weighted by Gasteiger charge is -2.25. The highest BCUT2D eigenvalue weighted by atomic mass is 32.3. The van der Waals surface area contributed by atoms with E-state index in [4.69, 9.17) is 21.7 Å². The highest BCUT2D eigenvalue weighted by molar-refractivity contribution is 7.98. The highest BCUT2D eigenvalue weighted by Crippen LogP contribution is 2.37. The third kappa shape index (κ3) is 2.18. The average Bonchev–Trinajstić information content (AvgIpc) is 2.88. The molecule has 8 heteroatoms. The third-order valence-corrected chi connectivity index (χ3v) is 6.06. The van der Waals surface area contributed by atoms with Gasteiger partial charge in [-0.25, -0.2) is 0 Å². The van der Waals surface area contributed by atoms with Gasteiger partial charge >= 0.3 is 0 Å². The molecule has 0 aliphatic carbocycles. The Kier molecular flexibility index (Phi) is 2.88. The first kappa shape index (κ1) is 13.3. The maximum absolute atomic E-state index is 11.9. The van der Waals surface area contributed by atoms with Crippen molar-refractivity contribution >= 4 is 33.2 Å². The van der Waals surface area contributed by atoms with Crippen LogP contribution in [0.5, 0.6) is 11.5 Å². The lowest BCUT2D eigenvalue weighted by molar-refractivity contribution is 0.171. The number of hydrogen-bond acceptors (Lipinski definition) is 4. The fourth-order valence-corrected chi connectivity index (χ4v) is 5.41. The smallest absolute Gasteiger partial charge is 0.218 e. The summed E-state index contributed by atoms with van der Waals surface area (Å²) < 4.78 is 32.8. The molecular weight excluding hydrogens is 312 g/mol. The maximum atomic E-state index is 11.9. The topological polar surface area (TPSA) is 71.0 Å². The molecule has 2 fully saturated rings. The number of nitrogens with one attached hydrogen (secondary N) is 1. The van der Waals surface area contributed by atoms with Crippen LogP contribution in [0.3, 0.4) is 0 Å². The van der Waals surface area contributed by atoms with E-state index in [2.05, 4.69) is 5.32 Å². The molecule has 3 atom stereocenters. The van der Waals surface area contributed by atoms with E-state index in [1.54, 1.807) is 0 Å². The lowest BCUT2D eigenvalue weighted by Crippen LogP contribution is -2.37. The molecule has 0 saturated carbocycles. The molecule has 0 amide bonds. The second-order valence-corrected chi connectivity index (χ2v) is 8.03. The zero-order valence-corrected chi connectivity index (χ0v) is 12.8. The molecule has 0 radical (unpaired) electrons. The molecule has 3 heterocycles. The second kappa shape index (κ2) is 4.56. The van der Waals surface area contributed by atoms with Crippen LogP contribution < -0.4 is 19.7 Å². The molecular formula is C13H15N2O4S2+. The van der Waals surface area contributed by atoms with E-state index < -0.39 is 10.2 Å². The number of benzene rings is 1. The Balaban J connectivity index is 1.69. The van der Waals surface area contributed by atoms with Crippen molar-refractivity contribution in [3.63, 3.8) is 0 Å². The Morgan fingerprint density at radius 3 is 2.86 bits per heavy atom. The van der Waals surface area contributed by atoms with Gasteiger partial charge in [0.15, 0.2) is 28.1 Å². The first-order chi connectivity index (χ1) is 10.0. The van der Waals surface area contributed by atoms with Crippen molar-refractivity contribution in [2.45, 2.75) is 12.1 Å². The Bertz CT molecular complexity index is 666. The summed E-state index contributed by atoms with van der Waals surface area (Å²) in [4.78, 5) is 1.92. The molecule has 4 rings (SSSR count). The summed E-state index contributed by atoms with van der Waals surface area (Å²) in [5.41, 5.74) is 0.862. The SMILES string of the molecule is O=[S+]1(O)C[C@H]2NC(=S)N(c3ccc4c(c3)OCCO4)[C@H]2C1. The Hall–Kier alpha value is -1.38. The van der Waals surface area contributed by atoms with E-state index >= 15 is 0 Å². The van der Waals surface area contributed by atoms with Crippen LogP contribution in [-0.2, 0) is 14.4 Å². The number of rotatable bonds is 1. The van der Waals surface area contributed by atoms with E-state index in [1.165, 1.54) is 0 Å². The van der Waals surface area contributed by atoms with Gasteiger partial charge in [0.2, 0.25) is 10.2 Å². The fraction of sp³-hybridized carbons (Fsp3) is 0.462. The minimum atomic E-state index is -2.76. The van der Waals surface area contributed by atoms with Gasteiger partial charge in [0.1, 0.15) is 25.3 Å². The first-order valence-electron chi connectivity index (χ1n) is 6.75. The minimum absolute atomic E-state index is 0.0665. The van der Waals surface area contributed by atoms with Gasteiger partial charge in [-0.2, -0.15) is 4.55 Å². The van der Waals surface area contributed by atoms with E-state index in [-0.39, 0.29) is 23.6 Å². The maximum Gasteiger partial charge on any atom is 0.218 e. The van der Waals surface area contributed by atoms with Crippen molar-refractivity contribution in [1.82, 2.24) is 5.32 Å². The van der Waals surface area contributed by atoms with Crippen molar-refractivity contribution in [3.05, 3.63) is 18.2 Å². The predicted molar refractivity (Wildman–Crippen MR) is 83.6 cm³/mol. The summed E-state index contributed by atoms with van der Waals surface area (Å²) in [6, 6.07) is 5.48. The van der Waals surface area contributed by atoms with Gasteiger partial charge < -0.3 is 19.7 Å². The van der Waals surface area contributed by atoms with Crippen LogP contribution in [0.2, 0.25) is 0 Å². The normalized spacial score (nSPS) is 33.8. The minimum Gasteiger partial charge on any atom is -0.486 e. The van der Waals surface area contributed by atoms with Gasteiger partial charge in [0.05, 0.1) is 0 Å². The molecule has 112 valence electrons.